The van der Waals surface area contributed by atoms with Crippen molar-refractivity contribution in [2.75, 3.05) is 39.3 Å². The molecular weight excluding hydrogens is 387 g/mol. The van der Waals surface area contributed by atoms with E-state index in [0.717, 1.165) is 31.8 Å². The second-order valence-electron chi connectivity index (χ2n) is 7.99. The van der Waals surface area contributed by atoms with Crippen LogP contribution < -0.4 is 5.32 Å². The smallest absolute Gasteiger partial charge is 0.416 e. The predicted molar refractivity (Wildman–Crippen MR) is 103 cm³/mol. The van der Waals surface area contributed by atoms with Gasteiger partial charge in [-0.3, -0.25) is 9.69 Å². The molecule has 2 rings (SSSR count). The molecule has 1 aliphatic rings. The first-order chi connectivity index (χ1) is 13.5. The SMILES string of the molecule is CC(C)(C)OC(=O)N1CCN(CCCNC(=O)c2ccc(C(F)(F)F)cc2)CC1. The predicted octanol–water partition coefficient (Wildman–Crippen LogP) is 3.38. The van der Waals surface area contributed by atoms with Crippen molar-refractivity contribution in [2.45, 2.75) is 39.0 Å². The molecule has 0 saturated carbocycles. The second-order valence-corrected chi connectivity index (χ2v) is 7.99. The second kappa shape index (κ2) is 9.47. The molecule has 2 amide bonds. The first-order valence-electron chi connectivity index (χ1n) is 9.61. The maximum absolute atomic E-state index is 12.6. The molecule has 1 aromatic rings. The van der Waals surface area contributed by atoms with E-state index in [2.05, 4.69) is 10.2 Å². The molecule has 6 nitrogen and oxygen atoms in total. The minimum absolute atomic E-state index is 0.198. The summed E-state index contributed by atoms with van der Waals surface area (Å²) in [5.41, 5.74) is -1.09. The summed E-state index contributed by atoms with van der Waals surface area (Å²) >= 11 is 0. The zero-order valence-corrected chi connectivity index (χ0v) is 17.0. The Morgan fingerprint density at radius 1 is 1.03 bits per heavy atom. The Morgan fingerprint density at radius 3 is 2.14 bits per heavy atom. The van der Waals surface area contributed by atoms with E-state index in [1.807, 2.05) is 20.8 Å². The van der Waals surface area contributed by atoms with E-state index >= 15 is 0 Å². The fourth-order valence-electron chi connectivity index (χ4n) is 2.90. The Labute approximate surface area is 169 Å². The van der Waals surface area contributed by atoms with Gasteiger partial charge in [-0.25, -0.2) is 4.79 Å². The summed E-state index contributed by atoms with van der Waals surface area (Å²) in [6, 6.07) is 4.15. The molecular formula is C20H28F3N3O3. The molecule has 0 bridgehead atoms. The number of rotatable bonds is 5. The van der Waals surface area contributed by atoms with Gasteiger partial charge in [-0.2, -0.15) is 13.2 Å². The highest BCUT2D eigenvalue weighted by Gasteiger charge is 2.30. The minimum atomic E-state index is -4.41. The van der Waals surface area contributed by atoms with Gasteiger partial charge in [0, 0.05) is 38.3 Å². The largest absolute Gasteiger partial charge is 0.444 e. The van der Waals surface area contributed by atoms with Gasteiger partial charge in [0.1, 0.15) is 5.60 Å². The molecule has 0 aliphatic carbocycles. The molecule has 1 aliphatic heterocycles. The molecule has 1 fully saturated rings. The van der Waals surface area contributed by atoms with E-state index in [4.69, 9.17) is 4.74 Å². The lowest BCUT2D eigenvalue weighted by molar-refractivity contribution is -0.137. The van der Waals surface area contributed by atoms with Gasteiger partial charge in [0.05, 0.1) is 5.56 Å². The number of nitrogens with one attached hydrogen (secondary N) is 1. The molecule has 162 valence electrons. The third kappa shape index (κ3) is 7.56. The van der Waals surface area contributed by atoms with Gasteiger partial charge < -0.3 is 15.0 Å². The summed E-state index contributed by atoms with van der Waals surface area (Å²) in [4.78, 5) is 28.0. The summed E-state index contributed by atoms with van der Waals surface area (Å²) in [6.45, 7) is 9.32. The van der Waals surface area contributed by atoms with E-state index in [1.54, 1.807) is 4.90 Å². The van der Waals surface area contributed by atoms with E-state index in [0.29, 0.717) is 26.1 Å². The van der Waals surface area contributed by atoms with Crippen molar-refractivity contribution < 1.29 is 27.5 Å². The van der Waals surface area contributed by atoms with Gasteiger partial charge in [-0.1, -0.05) is 0 Å². The number of halogens is 3. The van der Waals surface area contributed by atoms with Crippen LogP contribution in [0, 0.1) is 0 Å². The molecule has 1 saturated heterocycles. The number of alkyl halides is 3. The molecule has 1 heterocycles. The van der Waals surface area contributed by atoms with Gasteiger partial charge in [-0.05, 0) is 58.0 Å². The van der Waals surface area contributed by atoms with E-state index in [-0.39, 0.29) is 11.7 Å². The van der Waals surface area contributed by atoms with Crippen LogP contribution in [0.1, 0.15) is 43.1 Å². The Balaban J connectivity index is 1.66. The number of hydrogen-bond donors (Lipinski definition) is 1. The Morgan fingerprint density at radius 2 is 1.62 bits per heavy atom. The number of benzene rings is 1. The fraction of sp³-hybridized carbons (Fsp3) is 0.600. The Bertz CT molecular complexity index is 692. The van der Waals surface area contributed by atoms with Crippen LogP contribution in [0.5, 0.6) is 0 Å². The highest BCUT2D eigenvalue weighted by Crippen LogP contribution is 2.29. The van der Waals surface area contributed by atoms with Gasteiger partial charge in [0.2, 0.25) is 0 Å². The molecule has 1 N–H and O–H groups in total. The van der Waals surface area contributed by atoms with Crippen LogP contribution in [0.2, 0.25) is 0 Å². The summed E-state index contributed by atoms with van der Waals surface area (Å²) in [5.74, 6) is -0.395. The van der Waals surface area contributed by atoms with E-state index < -0.39 is 23.2 Å². The van der Waals surface area contributed by atoms with Crippen molar-refractivity contribution in [3.63, 3.8) is 0 Å². The number of ether oxygens (including phenoxy) is 1. The number of carbonyl (C=O) groups excluding carboxylic acids is 2. The molecule has 1 aromatic carbocycles. The molecule has 9 heteroatoms. The normalized spacial score (nSPS) is 15.9. The first kappa shape index (κ1) is 23.0. The van der Waals surface area contributed by atoms with Crippen molar-refractivity contribution in [1.82, 2.24) is 15.1 Å². The van der Waals surface area contributed by atoms with Gasteiger partial charge in [0.25, 0.3) is 5.91 Å². The highest BCUT2D eigenvalue weighted by atomic mass is 19.4. The van der Waals surface area contributed by atoms with Crippen LogP contribution in [0.15, 0.2) is 24.3 Å². The topological polar surface area (TPSA) is 61.9 Å². The van der Waals surface area contributed by atoms with Crippen molar-refractivity contribution >= 4 is 12.0 Å². The van der Waals surface area contributed by atoms with Crippen LogP contribution in [0.25, 0.3) is 0 Å². The van der Waals surface area contributed by atoms with Gasteiger partial charge in [0.15, 0.2) is 0 Å². The number of hydrogen-bond acceptors (Lipinski definition) is 4. The molecule has 29 heavy (non-hydrogen) atoms. The third-order valence-corrected chi connectivity index (χ3v) is 4.44. The van der Waals surface area contributed by atoms with Crippen molar-refractivity contribution in [3.05, 3.63) is 35.4 Å². The van der Waals surface area contributed by atoms with Crippen LogP contribution in [0.4, 0.5) is 18.0 Å². The lowest BCUT2D eigenvalue weighted by Gasteiger charge is -2.35. The highest BCUT2D eigenvalue weighted by molar-refractivity contribution is 5.94. The molecule has 0 radical (unpaired) electrons. The third-order valence-electron chi connectivity index (χ3n) is 4.44. The van der Waals surface area contributed by atoms with Crippen LogP contribution >= 0.6 is 0 Å². The summed E-state index contributed by atoms with van der Waals surface area (Å²) in [5, 5.41) is 2.72. The minimum Gasteiger partial charge on any atom is -0.444 e. The summed E-state index contributed by atoms with van der Waals surface area (Å²) in [7, 11) is 0. The van der Waals surface area contributed by atoms with E-state index in [1.165, 1.54) is 12.1 Å². The first-order valence-corrected chi connectivity index (χ1v) is 9.61. The maximum atomic E-state index is 12.6. The van der Waals surface area contributed by atoms with Crippen molar-refractivity contribution in [3.8, 4) is 0 Å². The number of piperazine rings is 1. The lowest BCUT2D eigenvalue weighted by atomic mass is 10.1. The standard InChI is InChI=1S/C20H28F3N3O3/c1-19(2,3)29-18(28)26-13-11-25(12-14-26)10-4-9-24-17(27)15-5-7-16(8-6-15)20(21,22)23/h5-8H,4,9-14H2,1-3H3,(H,24,27). The van der Waals surface area contributed by atoms with Crippen molar-refractivity contribution in [2.24, 2.45) is 0 Å². The van der Waals surface area contributed by atoms with Crippen molar-refractivity contribution in [1.29, 1.82) is 0 Å². The maximum Gasteiger partial charge on any atom is 0.416 e. The monoisotopic (exact) mass is 415 g/mol. The summed E-state index contributed by atoms with van der Waals surface area (Å²) < 4.78 is 43.0. The number of nitrogens with zero attached hydrogens (tertiary/aromatic N) is 2. The molecule has 0 spiro atoms. The summed E-state index contributed by atoms with van der Waals surface area (Å²) in [6.07, 6.45) is -4.01. The number of amides is 2. The average molecular weight is 415 g/mol. The van der Waals surface area contributed by atoms with Gasteiger partial charge in [-0.15, -0.1) is 0 Å². The Hall–Kier alpha value is -2.29. The quantitative estimate of drug-likeness (QED) is 0.749. The Kier molecular flexibility index (Phi) is 7.51. The number of carbonyl (C=O) groups is 2. The van der Waals surface area contributed by atoms with E-state index in [9.17, 15) is 22.8 Å². The van der Waals surface area contributed by atoms with Crippen LogP contribution in [0.3, 0.4) is 0 Å². The average Bonchev–Trinajstić information content (AvgIpc) is 2.63. The van der Waals surface area contributed by atoms with Crippen LogP contribution in [-0.2, 0) is 10.9 Å². The fourth-order valence-corrected chi connectivity index (χ4v) is 2.90. The zero-order chi connectivity index (χ0) is 21.7. The molecule has 0 atom stereocenters. The zero-order valence-electron chi connectivity index (χ0n) is 17.0. The molecule has 0 unspecified atom stereocenters. The molecule has 0 aromatic heterocycles. The van der Waals surface area contributed by atoms with Gasteiger partial charge >= 0.3 is 12.3 Å². The van der Waals surface area contributed by atoms with Crippen LogP contribution in [-0.4, -0.2) is 66.7 Å². The lowest BCUT2D eigenvalue weighted by Crippen LogP contribution is -2.50.